The molecule has 2 aromatic heterocycles. The van der Waals surface area contributed by atoms with Gasteiger partial charge in [0, 0.05) is 30.6 Å². The van der Waals surface area contributed by atoms with Crippen molar-refractivity contribution >= 4 is 23.7 Å². The summed E-state index contributed by atoms with van der Waals surface area (Å²) in [6.45, 7) is 4.83. The van der Waals surface area contributed by atoms with E-state index >= 15 is 0 Å². The Balaban J connectivity index is 1.93. The Morgan fingerprint density at radius 3 is 2.44 bits per heavy atom. The first kappa shape index (κ1) is 24.2. The lowest BCUT2D eigenvalue weighted by molar-refractivity contribution is 0.0522. The lowest BCUT2D eigenvalue weighted by Gasteiger charge is -2.20. The van der Waals surface area contributed by atoms with Gasteiger partial charge >= 0.3 is 12.1 Å². The van der Waals surface area contributed by atoms with Gasteiger partial charge in [-0.3, -0.25) is 9.36 Å². The van der Waals surface area contributed by atoms with Crippen LogP contribution in [0.1, 0.15) is 47.2 Å². The van der Waals surface area contributed by atoms with E-state index in [1.807, 2.05) is 0 Å². The third-order valence-electron chi connectivity index (χ3n) is 4.21. The number of benzene rings is 1. The highest BCUT2D eigenvalue weighted by molar-refractivity contribution is 6.07. The second-order valence-electron chi connectivity index (χ2n) is 7.97. The second-order valence-corrected chi connectivity index (χ2v) is 7.97. The van der Waals surface area contributed by atoms with Crippen LogP contribution >= 0.6 is 0 Å². The molecule has 3 aromatic rings. The van der Waals surface area contributed by atoms with Gasteiger partial charge in [0.25, 0.3) is 5.91 Å². The summed E-state index contributed by atoms with van der Waals surface area (Å²) in [5.74, 6) is -5.01. The van der Waals surface area contributed by atoms with E-state index in [0.29, 0.717) is 12.1 Å². The molecule has 0 radical (unpaired) electrons. The molecular formula is C21H20F2N6O5. The standard InChI is InChI=1S/C21H20F2N6O5/c1-21(2,3)34-20(33)25-9-11-6-16(29-5-4-24-10-29)27-28-17(11)18(30)26-15-8-14(23)13(22)7-12(15)19(31)32/h4-8,10H,9H2,1-3H3,(H,25,33)(H,26,30)(H,31,32). The van der Waals surface area contributed by atoms with E-state index in [1.165, 1.54) is 23.2 Å². The van der Waals surface area contributed by atoms with Crippen molar-refractivity contribution in [1.82, 2.24) is 25.1 Å². The van der Waals surface area contributed by atoms with Crippen molar-refractivity contribution in [2.45, 2.75) is 32.9 Å². The highest BCUT2D eigenvalue weighted by atomic mass is 19.2. The number of ether oxygens (including phenoxy) is 1. The number of carbonyl (C=O) groups excluding carboxylic acids is 2. The third-order valence-corrected chi connectivity index (χ3v) is 4.21. The van der Waals surface area contributed by atoms with Crippen molar-refractivity contribution in [1.29, 1.82) is 0 Å². The van der Waals surface area contributed by atoms with Gasteiger partial charge in [-0.15, -0.1) is 10.2 Å². The molecule has 0 fully saturated rings. The summed E-state index contributed by atoms with van der Waals surface area (Å²) in [4.78, 5) is 40.3. The lowest BCUT2D eigenvalue weighted by atomic mass is 10.1. The van der Waals surface area contributed by atoms with Crippen LogP contribution < -0.4 is 10.6 Å². The molecule has 2 heterocycles. The summed E-state index contributed by atoms with van der Waals surface area (Å²) in [7, 11) is 0. The molecule has 0 unspecified atom stereocenters. The first-order chi connectivity index (χ1) is 15.9. The molecule has 0 saturated carbocycles. The fraction of sp³-hybridized carbons (Fsp3) is 0.238. The van der Waals surface area contributed by atoms with Crippen molar-refractivity contribution in [3.63, 3.8) is 0 Å². The van der Waals surface area contributed by atoms with E-state index in [1.54, 1.807) is 27.0 Å². The monoisotopic (exact) mass is 474 g/mol. The number of anilines is 1. The van der Waals surface area contributed by atoms with E-state index in [0.717, 1.165) is 0 Å². The fourth-order valence-corrected chi connectivity index (χ4v) is 2.76. The average Bonchev–Trinajstić information content (AvgIpc) is 3.28. The summed E-state index contributed by atoms with van der Waals surface area (Å²) in [6, 6.07) is 2.44. The Bertz CT molecular complexity index is 1240. The Morgan fingerprint density at radius 2 is 1.82 bits per heavy atom. The molecule has 34 heavy (non-hydrogen) atoms. The van der Waals surface area contributed by atoms with Gasteiger partial charge in [-0.25, -0.2) is 23.4 Å². The number of imidazole rings is 1. The van der Waals surface area contributed by atoms with Gasteiger partial charge in [0.15, 0.2) is 23.1 Å². The number of halogens is 2. The lowest BCUT2D eigenvalue weighted by Crippen LogP contribution is -2.33. The van der Waals surface area contributed by atoms with Crippen molar-refractivity contribution in [3.05, 3.63) is 65.4 Å². The smallest absolute Gasteiger partial charge is 0.407 e. The van der Waals surface area contributed by atoms with Gasteiger partial charge in [-0.1, -0.05) is 0 Å². The number of carbonyl (C=O) groups is 3. The number of alkyl carbamates (subject to hydrolysis) is 1. The number of amides is 2. The SMILES string of the molecule is CC(C)(C)OC(=O)NCc1cc(-n2ccnc2)nnc1C(=O)Nc1cc(F)c(F)cc1C(=O)O. The van der Waals surface area contributed by atoms with Crippen molar-refractivity contribution in [2.75, 3.05) is 5.32 Å². The minimum Gasteiger partial charge on any atom is -0.478 e. The molecule has 0 aliphatic heterocycles. The number of rotatable bonds is 6. The van der Waals surface area contributed by atoms with Crippen molar-refractivity contribution in [2.24, 2.45) is 0 Å². The number of carboxylic acids is 1. The number of nitrogens with zero attached hydrogens (tertiary/aromatic N) is 4. The molecular weight excluding hydrogens is 454 g/mol. The predicted octanol–water partition coefficient (Wildman–Crippen LogP) is 2.92. The van der Waals surface area contributed by atoms with Gasteiger partial charge in [0.2, 0.25) is 0 Å². The zero-order valence-electron chi connectivity index (χ0n) is 18.3. The first-order valence-corrected chi connectivity index (χ1v) is 9.80. The number of aromatic carboxylic acids is 1. The van der Waals surface area contributed by atoms with Gasteiger partial charge in [-0.05, 0) is 32.9 Å². The van der Waals surface area contributed by atoms with Crippen molar-refractivity contribution < 1.29 is 33.0 Å². The maximum atomic E-state index is 13.7. The zero-order chi connectivity index (χ0) is 25.0. The van der Waals surface area contributed by atoms with Crippen LogP contribution in [0, 0.1) is 11.6 Å². The molecule has 3 N–H and O–H groups in total. The van der Waals surface area contributed by atoms with Gasteiger partial charge in [-0.2, -0.15) is 0 Å². The quantitative estimate of drug-likeness (QED) is 0.494. The molecule has 0 aliphatic rings. The summed E-state index contributed by atoms with van der Waals surface area (Å²) in [6.07, 6.45) is 3.76. The molecule has 0 saturated heterocycles. The van der Waals surface area contributed by atoms with Crippen LogP contribution in [-0.4, -0.2) is 48.4 Å². The summed E-state index contributed by atoms with van der Waals surface area (Å²) < 4.78 is 33.9. The molecule has 0 spiro atoms. The molecule has 1 aromatic carbocycles. The van der Waals surface area contributed by atoms with E-state index in [9.17, 15) is 28.3 Å². The van der Waals surface area contributed by atoms with Crippen LogP contribution in [0.3, 0.4) is 0 Å². The maximum Gasteiger partial charge on any atom is 0.407 e. The first-order valence-electron chi connectivity index (χ1n) is 9.80. The average molecular weight is 474 g/mol. The van der Waals surface area contributed by atoms with Crippen LogP contribution in [0.25, 0.3) is 5.82 Å². The Kier molecular flexibility index (Phi) is 6.84. The maximum absolute atomic E-state index is 13.7. The van der Waals surface area contributed by atoms with Crippen LogP contribution in [0.5, 0.6) is 0 Å². The summed E-state index contributed by atoms with van der Waals surface area (Å²) >= 11 is 0. The van der Waals surface area contributed by atoms with Crippen LogP contribution in [0.2, 0.25) is 0 Å². The topological polar surface area (TPSA) is 148 Å². The van der Waals surface area contributed by atoms with Gasteiger partial charge in [0.1, 0.15) is 11.9 Å². The molecule has 0 bridgehead atoms. The Labute approximate surface area is 191 Å². The van der Waals surface area contributed by atoms with E-state index in [4.69, 9.17) is 4.74 Å². The van der Waals surface area contributed by atoms with Gasteiger partial charge in [0.05, 0.1) is 11.3 Å². The number of nitrogens with one attached hydrogen (secondary N) is 2. The highest BCUT2D eigenvalue weighted by Gasteiger charge is 2.22. The van der Waals surface area contributed by atoms with Crippen LogP contribution in [0.15, 0.2) is 36.9 Å². The number of carboxylic acid groups (broad SMARTS) is 1. The highest BCUT2D eigenvalue weighted by Crippen LogP contribution is 2.22. The van der Waals surface area contributed by atoms with Crippen molar-refractivity contribution in [3.8, 4) is 5.82 Å². The minimum atomic E-state index is -1.58. The molecule has 13 heteroatoms. The van der Waals surface area contributed by atoms with E-state index in [-0.39, 0.29) is 23.6 Å². The fourth-order valence-electron chi connectivity index (χ4n) is 2.76. The second kappa shape index (κ2) is 9.60. The zero-order valence-corrected chi connectivity index (χ0v) is 18.3. The van der Waals surface area contributed by atoms with Crippen LogP contribution in [-0.2, 0) is 11.3 Å². The minimum absolute atomic E-state index is 0.182. The Morgan fingerprint density at radius 1 is 1.12 bits per heavy atom. The molecule has 178 valence electrons. The third kappa shape index (κ3) is 5.88. The molecule has 2 amide bonds. The van der Waals surface area contributed by atoms with Gasteiger partial charge < -0.3 is 20.5 Å². The predicted molar refractivity (Wildman–Crippen MR) is 113 cm³/mol. The molecule has 11 nitrogen and oxygen atoms in total. The number of aromatic nitrogens is 4. The molecule has 0 aliphatic carbocycles. The van der Waals surface area contributed by atoms with Crippen LogP contribution in [0.4, 0.5) is 19.3 Å². The van der Waals surface area contributed by atoms with E-state index < -0.39 is 46.5 Å². The normalized spacial score (nSPS) is 11.1. The largest absolute Gasteiger partial charge is 0.478 e. The summed E-state index contributed by atoms with van der Waals surface area (Å²) in [5.41, 5.74) is -2.02. The Hall–Kier alpha value is -4.42. The summed E-state index contributed by atoms with van der Waals surface area (Å²) in [5, 5.41) is 21.8. The number of hydrogen-bond acceptors (Lipinski definition) is 7. The van der Waals surface area contributed by atoms with E-state index in [2.05, 4.69) is 25.8 Å². The number of hydrogen-bond donors (Lipinski definition) is 3. The molecule has 0 atom stereocenters. The molecule has 3 rings (SSSR count).